The van der Waals surface area contributed by atoms with E-state index in [1.54, 1.807) is 6.33 Å². The van der Waals surface area contributed by atoms with Crippen LogP contribution in [0.1, 0.15) is 86.7 Å². The van der Waals surface area contributed by atoms with Gasteiger partial charge in [-0.15, -0.1) is 0 Å². The molecule has 2 saturated carbocycles. The summed E-state index contributed by atoms with van der Waals surface area (Å²) in [5.41, 5.74) is 8.49. The number of aliphatic hydroxyl groups excluding tert-OH is 1. The Hall–Kier alpha value is -3.90. The third-order valence-electron chi connectivity index (χ3n) is 10.6. The largest absolute Gasteiger partial charge is 0.376 e. The van der Waals surface area contributed by atoms with E-state index in [4.69, 9.17) is 14.3 Å². The zero-order valence-electron chi connectivity index (χ0n) is 26.8. The topological polar surface area (TPSA) is 125 Å². The minimum absolute atomic E-state index is 0.0610. The zero-order chi connectivity index (χ0) is 32.0. The molecule has 2 aromatic carbocycles. The molecule has 3 atom stereocenters. The molecule has 11 nitrogen and oxygen atoms in total. The van der Waals surface area contributed by atoms with Crippen molar-refractivity contribution in [1.29, 1.82) is 0 Å². The first-order valence-corrected chi connectivity index (χ1v) is 17.1. The van der Waals surface area contributed by atoms with E-state index >= 15 is 0 Å². The lowest BCUT2D eigenvalue weighted by atomic mass is 9.84. The number of fused-ring (bicyclic) bond motifs is 1. The van der Waals surface area contributed by atoms with Gasteiger partial charge >= 0.3 is 0 Å². The Morgan fingerprint density at radius 1 is 1.09 bits per heavy atom. The molecule has 4 aromatic rings. The van der Waals surface area contributed by atoms with Gasteiger partial charge in [-0.1, -0.05) is 61.9 Å². The number of amidine groups is 1. The smallest absolute Gasteiger partial charge is 0.280 e. The SMILES string of the molecule is CCCc1c(Cc2ccc(-c3ccccc3C3=NC(O)ON3)cc2)c(=O)n(C2CC23CCC(OCC2CCCO2)CC3)c2ncnn12. The fraction of sp³-hybridized carbons (Fsp3) is 0.500. The molecule has 4 heterocycles. The van der Waals surface area contributed by atoms with Crippen molar-refractivity contribution in [2.75, 3.05) is 13.2 Å². The second-order valence-corrected chi connectivity index (χ2v) is 13.5. The number of aliphatic imine (C=N–C) groups is 1. The molecule has 3 fully saturated rings. The number of aliphatic hydroxyl groups is 1. The molecule has 1 spiro atoms. The quantitative estimate of drug-likeness (QED) is 0.256. The van der Waals surface area contributed by atoms with Crippen LogP contribution in [0.3, 0.4) is 0 Å². The van der Waals surface area contributed by atoms with Crippen LogP contribution >= 0.6 is 0 Å². The van der Waals surface area contributed by atoms with E-state index in [-0.39, 0.29) is 29.2 Å². The summed E-state index contributed by atoms with van der Waals surface area (Å²) < 4.78 is 15.9. The van der Waals surface area contributed by atoms with Gasteiger partial charge in [-0.2, -0.15) is 10.1 Å². The Morgan fingerprint density at radius 2 is 1.89 bits per heavy atom. The van der Waals surface area contributed by atoms with Crippen molar-refractivity contribution >= 4 is 11.6 Å². The van der Waals surface area contributed by atoms with Crippen molar-refractivity contribution in [3.8, 4) is 11.1 Å². The number of nitrogens with one attached hydrogen (secondary N) is 1. The summed E-state index contributed by atoms with van der Waals surface area (Å²) in [6.45, 7) is 3.68. The van der Waals surface area contributed by atoms with Crippen molar-refractivity contribution in [2.45, 2.75) is 95.8 Å². The number of nitrogens with zero attached hydrogens (tertiary/aromatic N) is 5. The molecule has 11 heteroatoms. The third-order valence-corrected chi connectivity index (χ3v) is 10.6. The summed E-state index contributed by atoms with van der Waals surface area (Å²) >= 11 is 0. The van der Waals surface area contributed by atoms with Crippen LogP contribution in [-0.4, -0.2) is 61.9 Å². The molecular formula is C36H42N6O5. The lowest BCUT2D eigenvalue weighted by Crippen LogP contribution is -2.32. The molecule has 3 unspecified atom stereocenters. The van der Waals surface area contributed by atoms with Crippen molar-refractivity contribution in [1.82, 2.24) is 24.6 Å². The van der Waals surface area contributed by atoms with Crippen LogP contribution in [0, 0.1) is 5.41 Å². The normalized spacial score (nSPS) is 27.0. The van der Waals surface area contributed by atoms with E-state index in [0.29, 0.717) is 24.6 Å². The Balaban J connectivity index is 1.05. The predicted octanol–water partition coefficient (Wildman–Crippen LogP) is 4.73. The molecule has 0 radical (unpaired) electrons. The molecule has 47 heavy (non-hydrogen) atoms. The Bertz CT molecular complexity index is 1830. The number of hydrogen-bond acceptors (Lipinski definition) is 9. The maximum Gasteiger partial charge on any atom is 0.280 e. The molecule has 246 valence electrons. The summed E-state index contributed by atoms with van der Waals surface area (Å²) in [6, 6.07) is 16.3. The Labute approximate surface area is 273 Å². The van der Waals surface area contributed by atoms with E-state index in [1.807, 2.05) is 33.3 Å². The average molecular weight is 639 g/mol. The number of ether oxygens (including phenoxy) is 2. The molecule has 0 amide bonds. The van der Waals surface area contributed by atoms with Gasteiger partial charge < -0.3 is 14.6 Å². The van der Waals surface area contributed by atoms with Gasteiger partial charge in [0.05, 0.1) is 24.5 Å². The van der Waals surface area contributed by atoms with E-state index in [9.17, 15) is 9.90 Å². The highest BCUT2D eigenvalue weighted by Crippen LogP contribution is 2.64. The first-order valence-electron chi connectivity index (χ1n) is 17.1. The van der Waals surface area contributed by atoms with Crippen LogP contribution in [0.25, 0.3) is 16.9 Å². The maximum atomic E-state index is 14.5. The molecule has 4 aliphatic rings. The summed E-state index contributed by atoms with van der Waals surface area (Å²) in [4.78, 5) is 28.3. The average Bonchev–Trinajstić information content (AvgIpc) is 3.59. The monoisotopic (exact) mass is 638 g/mol. The van der Waals surface area contributed by atoms with Crippen LogP contribution in [0.15, 0.2) is 64.6 Å². The van der Waals surface area contributed by atoms with Crippen LogP contribution in [0.5, 0.6) is 0 Å². The second kappa shape index (κ2) is 12.6. The summed E-state index contributed by atoms with van der Waals surface area (Å²) in [5.74, 6) is 1.14. The molecule has 2 aliphatic carbocycles. The first-order chi connectivity index (χ1) is 23.0. The van der Waals surface area contributed by atoms with Gasteiger partial charge in [-0.25, -0.2) is 19.8 Å². The van der Waals surface area contributed by atoms with Crippen molar-refractivity contribution in [2.24, 2.45) is 10.4 Å². The molecular weight excluding hydrogens is 596 g/mol. The first kappa shape index (κ1) is 30.4. The molecule has 8 rings (SSSR count). The third kappa shape index (κ3) is 5.79. The van der Waals surface area contributed by atoms with Crippen molar-refractivity contribution < 1.29 is 19.4 Å². The van der Waals surface area contributed by atoms with E-state index in [0.717, 1.165) is 97.9 Å². The lowest BCUT2D eigenvalue weighted by Gasteiger charge is -2.30. The van der Waals surface area contributed by atoms with Crippen molar-refractivity contribution in [3.05, 3.63) is 87.6 Å². The van der Waals surface area contributed by atoms with Crippen LogP contribution in [-0.2, 0) is 27.2 Å². The van der Waals surface area contributed by atoms with Gasteiger partial charge in [-0.05, 0) is 73.5 Å². The van der Waals surface area contributed by atoms with Gasteiger partial charge in [0.25, 0.3) is 12.0 Å². The molecule has 2 aliphatic heterocycles. The standard InChI is InChI=1S/C36H42N6O5/c1-2-6-30-29(19-23-10-12-24(13-11-23)27-8-3-4-9-28(27)32-39-35(44)47-40-32)33(43)41(34-37-22-38-42(30)34)31-20-36(31)16-14-25(15-17-36)46-21-26-7-5-18-45-26/h3-4,8-13,22,25-26,31,35,44H,2,5-7,14-21H2,1H3,(H,39,40). The molecule has 1 saturated heterocycles. The van der Waals surface area contributed by atoms with Crippen molar-refractivity contribution in [3.63, 3.8) is 0 Å². The summed E-state index contributed by atoms with van der Waals surface area (Å²) in [5, 5.41) is 14.3. The minimum atomic E-state index is -1.22. The summed E-state index contributed by atoms with van der Waals surface area (Å²) in [7, 11) is 0. The van der Waals surface area contributed by atoms with Gasteiger partial charge in [0.1, 0.15) is 6.33 Å². The Morgan fingerprint density at radius 3 is 2.62 bits per heavy atom. The number of aryl methyl sites for hydroxylation is 1. The highest BCUT2D eigenvalue weighted by Gasteiger charge is 2.57. The van der Waals surface area contributed by atoms with Gasteiger partial charge in [0, 0.05) is 30.2 Å². The van der Waals surface area contributed by atoms with Gasteiger partial charge in [0.15, 0.2) is 5.84 Å². The lowest BCUT2D eigenvalue weighted by molar-refractivity contribution is -0.102. The van der Waals surface area contributed by atoms with E-state index < -0.39 is 6.41 Å². The number of benzene rings is 2. The number of aromatic nitrogens is 4. The number of rotatable bonds is 10. The minimum Gasteiger partial charge on any atom is -0.376 e. The fourth-order valence-electron chi connectivity index (χ4n) is 7.95. The van der Waals surface area contributed by atoms with Gasteiger partial charge in [0.2, 0.25) is 5.78 Å². The highest BCUT2D eigenvalue weighted by molar-refractivity contribution is 6.04. The molecule has 0 bridgehead atoms. The number of hydrogen-bond donors (Lipinski definition) is 2. The summed E-state index contributed by atoms with van der Waals surface area (Å²) in [6.07, 6.45) is 10.4. The van der Waals surface area contributed by atoms with Crippen LogP contribution in [0.2, 0.25) is 0 Å². The number of hydroxylamine groups is 1. The highest BCUT2D eigenvalue weighted by atomic mass is 16.7. The Kier molecular flexibility index (Phi) is 8.16. The van der Waals surface area contributed by atoms with Crippen LogP contribution in [0.4, 0.5) is 0 Å². The van der Waals surface area contributed by atoms with E-state index in [2.05, 4.69) is 51.7 Å². The van der Waals surface area contributed by atoms with Gasteiger partial charge in [-0.3, -0.25) is 9.36 Å². The fourth-order valence-corrected chi connectivity index (χ4v) is 7.95. The zero-order valence-corrected chi connectivity index (χ0v) is 26.8. The second-order valence-electron chi connectivity index (χ2n) is 13.5. The predicted molar refractivity (Wildman–Crippen MR) is 176 cm³/mol. The van der Waals surface area contributed by atoms with Crippen LogP contribution < -0.4 is 11.0 Å². The molecule has 2 aromatic heterocycles. The molecule has 2 N–H and O–H groups in total. The van der Waals surface area contributed by atoms with E-state index in [1.165, 1.54) is 0 Å². The maximum absolute atomic E-state index is 14.5.